The Balaban J connectivity index is 0.883. The Bertz CT molecular complexity index is 1500. The molecule has 8 fully saturated rings. The second-order valence-electron chi connectivity index (χ2n) is 19.1. The lowest BCUT2D eigenvalue weighted by atomic mass is 9.43. The first-order valence-electron chi connectivity index (χ1n) is 21.3. The van der Waals surface area contributed by atoms with Crippen LogP contribution in [0.15, 0.2) is 0 Å². The molecule has 17 heteroatoms. The first-order chi connectivity index (χ1) is 27.4. The molecule has 24 atom stereocenters. The fourth-order valence-corrected chi connectivity index (χ4v) is 13.4. The van der Waals surface area contributed by atoms with Crippen LogP contribution >= 0.6 is 0 Å². The Hall–Kier alpha value is -0.970. The molecular weight excluding hydrogens is 764 g/mol. The average molecular weight is 831 g/mol. The summed E-state index contributed by atoms with van der Waals surface area (Å²) in [6.07, 6.45) is -11.6. The van der Waals surface area contributed by atoms with Crippen molar-refractivity contribution in [3.63, 3.8) is 0 Å². The van der Waals surface area contributed by atoms with Crippen molar-refractivity contribution in [2.24, 2.45) is 28.6 Å². The number of ketones is 1. The number of hydrogen-bond donors (Lipinski definition) is 7. The maximum atomic E-state index is 12.8. The molecule has 8 rings (SSSR count). The lowest BCUT2D eigenvalue weighted by Crippen LogP contribution is -2.69. The van der Waals surface area contributed by atoms with E-state index in [1.54, 1.807) is 21.0 Å². The van der Waals surface area contributed by atoms with Gasteiger partial charge in [-0.05, 0) is 77.0 Å². The van der Waals surface area contributed by atoms with E-state index in [-0.39, 0.29) is 35.1 Å². The molecule has 4 aliphatic heterocycles. The predicted molar refractivity (Wildman–Crippen MR) is 198 cm³/mol. The van der Waals surface area contributed by atoms with Gasteiger partial charge in [-0.25, -0.2) is 0 Å². The first-order valence-corrected chi connectivity index (χ1v) is 21.3. The number of aliphatic hydroxyl groups is 7. The third kappa shape index (κ3) is 6.35. The van der Waals surface area contributed by atoms with E-state index in [9.17, 15) is 40.5 Å². The second-order valence-corrected chi connectivity index (χ2v) is 19.1. The Kier molecular flexibility index (Phi) is 11.8. The SMILES string of the molecule is CO[C@H]1[C@@H](O)[C@H](O[C@@H]2[C@@H](C)O[C@@H](O[C@H]3CC[C@@]4(C)[C@@H](CC[C@@]56O[C@@]57CC[C@H](C(C)=O)[C@@]7(C)[C@H](O)[C@@H](O)[C@H]46)C3)C[C@H]2OC)O[C@H](C)[C@H]1O[C@@H]1O[C@H](CO)[C@@H](O)[C@H](O)[C@H]1O. The van der Waals surface area contributed by atoms with Gasteiger partial charge in [-0.1, -0.05) is 13.8 Å². The van der Waals surface area contributed by atoms with Gasteiger partial charge >= 0.3 is 0 Å². The summed E-state index contributed by atoms with van der Waals surface area (Å²) in [4.78, 5) is 12.8. The minimum atomic E-state index is -1.65. The quantitative estimate of drug-likeness (QED) is 0.110. The molecule has 0 bridgehead atoms. The summed E-state index contributed by atoms with van der Waals surface area (Å²) in [7, 11) is 2.96. The Morgan fingerprint density at radius 3 is 2.09 bits per heavy atom. The van der Waals surface area contributed by atoms with Gasteiger partial charge in [-0.2, -0.15) is 0 Å². The zero-order valence-corrected chi connectivity index (χ0v) is 34.6. The van der Waals surface area contributed by atoms with E-state index in [1.165, 1.54) is 7.11 Å². The summed E-state index contributed by atoms with van der Waals surface area (Å²) in [5.41, 5.74) is -2.23. The van der Waals surface area contributed by atoms with Gasteiger partial charge in [0.15, 0.2) is 18.9 Å². The third-order valence-corrected chi connectivity index (χ3v) is 16.4. The van der Waals surface area contributed by atoms with E-state index in [4.69, 9.17) is 42.6 Å². The maximum Gasteiger partial charge on any atom is 0.187 e. The van der Waals surface area contributed by atoms with Gasteiger partial charge in [0.05, 0.1) is 43.2 Å². The molecule has 0 aromatic carbocycles. The Morgan fingerprint density at radius 1 is 0.724 bits per heavy atom. The second kappa shape index (κ2) is 15.7. The lowest BCUT2D eigenvalue weighted by molar-refractivity contribution is -0.371. The van der Waals surface area contributed by atoms with Crippen molar-refractivity contribution >= 4 is 5.78 Å². The lowest BCUT2D eigenvalue weighted by Gasteiger charge is -2.61. The molecule has 2 spiro atoms. The number of ether oxygens (including phenoxy) is 9. The predicted octanol–water partition coefficient (Wildman–Crippen LogP) is -0.323. The number of fused-ring (bicyclic) bond motifs is 2. The number of methoxy groups -OCH3 is 2. The molecule has 4 heterocycles. The molecule has 0 radical (unpaired) electrons. The van der Waals surface area contributed by atoms with Crippen molar-refractivity contribution in [2.75, 3.05) is 20.8 Å². The average Bonchev–Trinajstić information content (AvgIpc) is 3.73. The van der Waals surface area contributed by atoms with Crippen LogP contribution in [0.4, 0.5) is 0 Å². The standard InChI is InChI=1S/C41H66O17/c1-17(43)22-10-13-41-39(22,5)35(49)30(48)34-38(4)11-9-21(14-20(38)8-12-40(34,41)58-41)54-25-15-23(50-6)31(18(2)52-25)56-37-29(47)33(51-7)32(19(3)53-37)57-36-28(46)27(45)26(44)24(16-42)55-36/h18-37,42,44-49H,8-16H2,1-7H3/t18-,19-,20+,21+,22-,23-,24-,25+,26-,27+,28-,29-,30+,31-,32-,33+,34-,35-,36+,37+,38+,39+,40+,41-/m1/s1. The fourth-order valence-electron chi connectivity index (χ4n) is 13.4. The van der Waals surface area contributed by atoms with Crippen LogP contribution in [0.3, 0.4) is 0 Å². The molecule has 0 aromatic heterocycles. The van der Waals surface area contributed by atoms with Gasteiger partial charge in [-0.15, -0.1) is 0 Å². The minimum Gasteiger partial charge on any atom is -0.394 e. The van der Waals surface area contributed by atoms with E-state index in [0.29, 0.717) is 12.8 Å². The fraction of sp³-hybridized carbons (Fsp3) is 0.976. The number of Topliss-reactive ketones (excluding diaryl/α,β-unsaturated/α-hetero) is 1. The highest BCUT2D eigenvalue weighted by Gasteiger charge is 2.90. The molecule has 0 unspecified atom stereocenters. The van der Waals surface area contributed by atoms with Crippen molar-refractivity contribution in [1.82, 2.24) is 0 Å². The highest BCUT2D eigenvalue weighted by Crippen LogP contribution is 2.81. The molecule has 0 aromatic rings. The monoisotopic (exact) mass is 830 g/mol. The van der Waals surface area contributed by atoms with Gasteiger partial charge in [0.2, 0.25) is 0 Å². The molecule has 58 heavy (non-hydrogen) atoms. The Labute approximate surface area is 339 Å². The van der Waals surface area contributed by atoms with Crippen LogP contribution in [-0.2, 0) is 47.4 Å². The zero-order chi connectivity index (χ0) is 41.9. The highest BCUT2D eigenvalue weighted by atomic mass is 16.8. The molecule has 8 aliphatic rings. The molecule has 0 amide bonds. The van der Waals surface area contributed by atoms with Crippen molar-refractivity contribution in [1.29, 1.82) is 0 Å². The summed E-state index contributed by atoms with van der Waals surface area (Å²) >= 11 is 0. The van der Waals surface area contributed by atoms with Crippen molar-refractivity contribution in [2.45, 2.75) is 202 Å². The van der Waals surface area contributed by atoms with Gasteiger partial charge in [0.1, 0.15) is 65.8 Å². The number of epoxide rings is 1. The highest BCUT2D eigenvalue weighted by molar-refractivity contribution is 5.80. The number of rotatable bonds is 10. The van der Waals surface area contributed by atoms with E-state index in [2.05, 4.69) is 6.92 Å². The molecular formula is C41H66O17. The van der Waals surface area contributed by atoms with Gasteiger partial charge in [-0.3, -0.25) is 4.79 Å². The summed E-state index contributed by atoms with van der Waals surface area (Å²) in [6.45, 7) is 8.68. The smallest absolute Gasteiger partial charge is 0.187 e. The molecule has 332 valence electrons. The number of carbonyl (C=O) groups is 1. The summed E-state index contributed by atoms with van der Waals surface area (Å²) in [5.74, 6) is -0.311. The van der Waals surface area contributed by atoms with E-state index >= 15 is 0 Å². The Morgan fingerprint density at radius 2 is 1.41 bits per heavy atom. The van der Waals surface area contributed by atoms with Gasteiger partial charge < -0.3 is 78.4 Å². The topological polar surface area (TPSA) is 245 Å². The van der Waals surface area contributed by atoms with Crippen LogP contribution in [0, 0.1) is 28.6 Å². The number of carbonyl (C=O) groups excluding carboxylic acids is 1. The van der Waals surface area contributed by atoms with Crippen molar-refractivity contribution < 1.29 is 83.2 Å². The maximum absolute atomic E-state index is 12.8. The van der Waals surface area contributed by atoms with Gasteiger partial charge in [0.25, 0.3) is 0 Å². The summed E-state index contributed by atoms with van der Waals surface area (Å²) in [5, 5.41) is 75.7. The molecule has 4 saturated heterocycles. The van der Waals surface area contributed by atoms with Gasteiger partial charge in [0, 0.05) is 37.9 Å². The van der Waals surface area contributed by atoms with Crippen LogP contribution in [0.5, 0.6) is 0 Å². The minimum absolute atomic E-state index is 0.0469. The van der Waals surface area contributed by atoms with Crippen LogP contribution < -0.4 is 0 Å². The van der Waals surface area contributed by atoms with Crippen molar-refractivity contribution in [3.05, 3.63) is 0 Å². The van der Waals surface area contributed by atoms with Crippen LogP contribution in [0.1, 0.15) is 86.0 Å². The summed E-state index contributed by atoms with van der Waals surface area (Å²) in [6, 6.07) is 0. The first kappa shape index (κ1) is 43.7. The van der Waals surface area contributed by atoms with Crippen LogP contribution in [-0.4, -0.2) is 178 Å². The molecule has 4 saturated carbocycles. The van der Waals surface area contributed by atoms with Crippen molar-refractivity contribution in [3.8, 4) is 0 Å². The summed E-state index contributed by atoms with van der Waals surface area (Å²) < 4.78 is 55.4. The molecule has 7 N–H and O–H groups in total. The number of hydrogen-bond acceptors (Lipinski definition) is 17. The molecule has 4 aliphatic carbocycles. The van der Waals surface area contributed by atoms with E-state index in [0.717, 1.165) is 38.5 Å². The van der Waals surface area contributed by atoms with Crippen LogP contribution in [0.25, 0.3) is 0 Å². The van der Waals surface area contributed by atoms with E-state index < -0.39 is 121 Å². The molecule has 17 nitrogen and oxygen atoms in total. The third-order valence-electron chi connectivity index (χ3n) is 16.4. The van der Waals surface area contributed by atoms with Crippen LogP contribution in [0.2, 0.25) is 0 Å². The van der Waals surface area contributed by atoms with E-state index in [1.807, 2.05) is 13.8 Å². The largest absolute Gasteiger partial charge is 0.394 e. The normalized spacial score (nSPS) is 57.8. The zero-order valence-electron chi connectivity index (χ0n) is 34.6. The number of aliphatic hydroxyl groups excluding tert-OH is 7.